The molecular formula is C18H17N3O9S3. The van der Waals surface area contributed by atoms with Gasteiger partial charge in [0.1, 0.15) is 4.90 Å². The first kappa shape index (κ1) is 25.0. The highest BCUT2D eigenvalue weighted by molar-refractivity contribution is 7.91. The van der Waals surface area contributed by atoms with Crippen LogP contribution in [0.4, 0.5) is 17.1 Å². The van der Waals surface area contributed by atoms with Crippen molar-refractivity contribution in [2.45, 2.75) is 9.79 Å². The van der Waals surface area contributed by atoms with Crippen LogP contribution >= 0.6 is 12.3 Å². The predicted molar refractivity (Wildman–Crippen MR) is 119 cm³/mol. The number of benzene rings is 3. The molecule has 0 bridgehead atoms. The van der Waals surface area contributed by atoms with E-state index in [9.17, 15) is 21.4 Å². The molecule has 0 aliphatic carbocycles. The van der Waals surface area contributed by atoms with Crippen molar-refractivity contribution in [1.29, 1.82) is 0 Å². The topological polar surface area (TPSA) is 187 Å². The van der Waals surface area contributed by atoms with E-state index in [1.165, 1.54) is 48.5 Å². The highest BCUT2D eigenvalue weighted by Gasteiger charge is 2.18. The normalized spacial score (nSPS) is 12.5. The van der Waals surface area contributed by atoms with Crippen LogP contribution in [-0.2, 0) is 33.5 Å². The summed E-state index contributed by atoms with van der Waals surface area (Å²) in [6.45, 7) is -0.215. The van der Waals surface area contributed by atoms with Crippen LogP contribution in [0.3, 0.4) is 0 Å². The Labute approximate surface area is 192 Å². The molecular weight excluding hydrogens is 498 g/mol. The zero-order chi connectivity index (χ0) is 24.1. The van der Waals surface area contributed by atoms with E-state index in [1.54, 1.807) is 6.07 Å². The van der Waals surface area contributed by atoms with Crippen molar-refractivity contribution in [1.82, 2.24) is 0 Å². The summed E-state index contributed by atoms with van der Waals surface area (Å²) in [5.41, 5.74) is 6.68. The molecule has 0 heterocycles. The molecule has 0 amide bonds. The molecule has 4 N–H and O–H groups in total. The first-order valence-corrected chi connectivity index (χ1v) is 12.7. The summed E-state index contributed by atoms with van der Waals surface area (Å²) >= 11 is 0.281. The van der Waals surface area contributed by atoms with Crippen LogP contribution in [0, 0.1) is 0 Å². The monoisotopic (exact) mass is 515 g/mol. The van der Waals surface area contributed by atoms with Gasteiger partial charge in [0, 0.05) is 16.5 Å². The van der Waals surface area contributed by atoms with Gasteiger partial charge in [-0.1, -0.05) is 17.2 Å². The smallest absolute Gasteiger partial charge is 0.295 e. The zero-order valence-corrected chi connectivity index (χ0v) is 19.0. The maximum atomic E-state index is 12.3. The maximum absolute atomic E-state index is 12.3. The molecule has 0 saturated heterocycles. The van der Waals surface area contributed by atoms with E-state index in [0.29, 0.717) is 16.8 Å². The molecule has 33 heavy (non-hydrogen) atoms. The lowest BCUT2D eigenvalue weighted by molar-refractivity contribution is -0.434. The molecule has 176 valence electrons. The summed E-state index contributed by atoms with van der Waals surface area (Å²) in [5, 5.41) is 19.9. The number of anilines is 1. The average Bonchev–Trinajstić information content (AvgIpc) is 2.78. The lowest BCUT2D eigenvalue weighted by Gasteiger charge is -2.08. The summed E-state index contributed by atoms with van der Waals surface area (Å²) in [5.74, 6) is -0.344. The lowest BCUT2D eigenvalue weighted by Crippen LogP contribution is -2.10. The van der Waals surface area contributed by atoms with Crippen molar-refractivity contribution in [2.75, 3.05) is 18.1 Å². The van der Waals surface area contributed by atoms with Crippen LogP contribution in [0.1, 0.15) is 0 Å². The van der Waals surface area contributed by atoms with Gasteiger partial charge in [0.05, 0.1) is 28.6 Å². The van der Waals surface area contributed by atoms with Crippen molar-refractivity contribution in [3.05, 3.63) is 54.6 Å². The molecule has 0 unspecified atom stereocenters. The molecule has 0 spiro atoms. The molecule has 3 aromatic rings. The Morgan fingerprint density at radius 1 is 0.970 bits per heavy atom. The number of fused-ring (bicyclic) bond motifs is 1. The third kappa shape index (κ3) is 6.24. The summed E-state index contributed by atoms with van der Waals surface area (Å²) in [7, 11) is -8.16. The van der Waals surface area contributed by atoms with Gasteiger partial charge in [0.25, 0.3) is 10.1 Å². The fourth-order valence-corrected chi connectivity index (χ4v) is 4.99. The number of hydrogen-bond donors (Lipinski definition) is 3. The lowest BCUT2D eigenvalue weighted by atomic mass is 10.1. The minimum Gasteiger partial charge on any atom is -0.398 e. The second kappa shape index (κ2) is 10.5. The summed E-state index contributed by atoms with van der Waals surface area (Å²) in [6.07, 6.45) is 0. The number of rotatable bonds is 10. The second-order valence-corrected chi connectivity index (χ2v) is 10.4. The second-order valence-electron chi connectivity index (χ2n) is 6.37. The third-order valence-corrected chi connectivity index (χ3v) is 7.27. The Balaban J connectivity index is 1.82. The quantitative estimate of drug-likeness (QED) is 0.0676. The number of nitrogen functional groups attached to an aromatic ring is 1. The molecule has 0 radical (unpaired) electrons. The molecule has 0 aromatic heterocycles. The standard InChI is InChI=1S/C18H17N3O9S3/c19-15-8-9-16(14-2-1-3-17(18(14)15)33(25,26)27)21-20-12-4-6-13(7-5-12)32(23,24)11-10-28-31-30-29-22/h1-9,22H,10-11,19H2,(H,25,26,27)/b21-20+. The molecule has 15 heteroatoms. The fourth-order valence-electron chi connectivity index (χ4n) is 2.85. The van der Waals surface area contributed by atoms with E-state index in [0.717, 1.165) is 0 Å². The Morgan fingerprint density at radius 2 is 1.70 bits per heavy atom. The van der Waals surface area contributed by atoms with Crippen LogP contribution in [0.5, 0.6) is 0 Å². The molecule has 0 atom stereocenters. The molecule has 3 aromatic carbocycles. The van der Waals surface area contributed by atoms with Crippen LogP contribution in [0.2, 0.25) is 0 Å². The average molecular weight is 516 g/mol. The van der Waals surface area contributed by atoms with Crippen molar-refractivity contribution in [2.24, 2.45) is 10.2 Å². The van der Waals surface area contributed by atoms with Crippen LogP contribution in [0.15, 0.2) is 74.6 Å². The van der Waals surface area contributed by atoms with E-state index in [-0.39, 0.29) is 45.5 Å². The molecule has 12 nitrogen and oxygen atoms in total. The van der Waals surface area contributed by atoms with Gasteiger partial charge < -0.3 is 5.73 Å². The van der Waals surface area contributed by atoms with Gasteiger partial charge in [-0.2, -0.15) is 13.5 Å². The van der Waals surface area contributed by atoms with E-state index in [1.807, 2.05) is 0 Å². The highest BCUT2D eigenvalue weighted by atomic mass is 32.2. The van der Waals surface area contributed by atoms with Crippen molar-refractivity contribution in [3.8, 4) is 0 Å². The highest BCUT2D eigenvalue weighted by Crippen LogP contribution is 2.35. The number of sulfone groups is 1. The van der Waals surface area contributed by atoms with Crippen molar-refractivity contribution in [3.63, 3.8) is 0 Å². The fraction of sp³-hybridized carbons (Fsp3) is 0.111. The Bertz CT molecular complexity index is 1380. The van der Waals surface area contributed by atoms with Gasteiger partial charge in [-0.3, -0.25) is 8.74 Å². The Morgan fingerprint density at radius 3 is 2.36 bits per heavy atom. The number of hydrogen-bond acceptors (Lipinski definition) is 12. The largest absolute Gasteiger partial charge is 0.398 e. The molecule has 3 rings (SSSR count). The van der Waals surface area contributed by atoms with E-state index in [4.69, 9.17) is 15.2 Å². The van der Waals surface area contributed by atoms with Gasteiger partial charge in [-0.05, 0) is 42.5 Å². The summed E-state index contributed by atoms with van der Waals surface area (Å²) in [4.78, 5) is -0.313. The third-order valence-electron chi connectivity index (χ3n) is 4.30. The Kier molecular flexibility index (Phi) is 7.98. The Hall–Kier alpha value is -2.63. The summed E-state index contributed by atoms with van der Waals surface area (Å²) < 4.78 is 66.2. The first-order valence-electron chi connectivity index (χ1n) is 8.93. The van der Waals surface area contributed by atoms with E-state index >= 15 is 0 Å². The van der Waals surface area contributed by atoms with Gasteiger partial charge in [-0.15, -0.1) is 9.45 Å². The molecule has 0 aliphatic heterocycles. The van der Waals surface area contributed by atoms with Crippen LogP contribution < -0.4 is 5.73 Å². The molecule has 0 aliphatic rings. The number of nitrogens with zero attached hydrogens (tertiary/aromatic N) is 2. The van der Waals surface area contributed by atoms with Gasteiger partial charge in [0.2, 0.25) is 0 Å². The predicted octanol–water partition coefficient (Wildman–Crippen LogP) is 3.86. The zero-order valence-electron chi connectivity index (χ0n) is 16.6. The molecule has 0 fully saturated rings. The van der Waals surface area contributed by atoms with Crippen molar-refractivity contribution < 1.29 is 40.2 Å². The minimum atomic E-state index is -4.51. The van der Waals surface area contributed by atoms with E-state index in [2.05, 4.69) is 19.6 Å². The SMILES string of the molecule is Nc1ccc(/N=N/c2ccc(S(=O)(=O)CCOSOOO)cc2)c2cccc(S(=O)(=O)O)c12. The minimum absolute atomic E-state index is 0.0325. The van der Waals surface area contributed by atoms with Gasteiger partial charge in [-0.25, -0.2) is 13.7 Å². The van der Waals surface area contributed by atoms with Gasteiger partial charge >= 0.3 is 0 Å². The number of nitrogens with two attached hydrogens (primary N) is 1. The van der Waals surface area contributed by atoms with Crippen LogP contribution in [-0.4, -0.2) is 39.0 Å². The van der Waals surface area contributed by atoms with Gasteiger partial charge in [0.15, 0.2) is 22.2 Å². The van der Waals surface area contributed by atoms with E-state index < -0.39 is 20.0 Å². The van der Waals surface area contributed by atoms with Crippen molar-refractivity contribution >= 4 is 60.1 Å². The maximum Gasteiger partial charge on any atom is 0.295 e. The summed E-state index contributed by atoms with van der Waals surface area (Å²) in [6, 6.07) is 12.8. The van der Waals surface area contributed by atoms with Crippen LogP contribution in [0.25, 0.3) is 10.8 Å². The first-order chi connectivity index (χ1) is 15.6. The number of azo groups is 1. The molecule has 0 saturated carbocycles.